The minimum atomic E-state index is -0.404. The number of hydrogen-bond donors (Lipinski definition) is 2. The van der Waals surface area contributed by atoms with Crippen molar-refractivity contribution in [3.05, 3.63) is 58.8 Å². The summed E-state index contributed by atoms with van der Waals surface area (Å²) in [5.41, 5.74) is 0.0941. The number of rotatable bonds is 6. The lowest BCUT2D eigenvalue weighted by molar-refractivity contribution is -0.121. The first kappa shape index (κ1) is 16.4. The van der Waals surface area contributed by atoms with Crippen LogP contribution in [0.3, 0.4) is 0 Å². The van der Waals surface area contributed by atoms with Crippen LogP contribution in [0.1, 0.15) is 10.6 Å². The summed E-state index contributed by atoms with van der Waals surface area (Å²) in [5, 5.41) is 13.2. The molecule has 2 N–H and O–H groups in total. The van der Waals surface area contributed by atoms with Crippen molar-refractivity contribution < 1.29 is 14.0 Å². The highest BCUT2D eigenvalue weighted by Crippen LogP contribution is 2.03. The third-order valence-electron chi connectivity index (χ3n) is 3.40. The van der Waals surface area contributed by atoms with E-state index in [4.69, 9.17) is 4.42 Å². The van der Waals surface area contributed by atoms with Gasteiger partial charge >= 0.3 is 0 Å². The van der Waals surface area contributed by atoms with E-state index in [1.54, 1.807) is 36.4 Å². The van der Waals surface area contributed by atoms with Gasteiger partial charge in [0.05, 0.1) is 11.6 Å². The van der Waals surface area contributed by atoms with E-state index < -0.39 is 5.91 Å². The Hall–Kier alpha value is -3.49. The second-order valence-electron chi connectivity index (χ2n) is 5.15. The van der Waals surface area contributed by atoms with Gasteiger partial charge in [0, 0.05) is 13.1 Å². The first-order chi connectivity index (χ1) is 12.1. The molecular weight excluding hydrogens is 326 g/mol. The molecule has 0 atom stereocenters. The van der Waals surface area contributed by atoms with Gasteiger partial charge in [-0.2, -0.15) is 0 Å². The molecule has 9 nitrogen and oxygen atoms in total. The van der Waals surface area contributed by atoms with E-state index in [2.05, 4.69) is 20.9 Å². The molecule has 0 spiro atoms. The molecule has 25 heavy (non-hydrogen) atoms. The largest absolute Gasteiger partial charge is 0.459 e. The molecule has 2 aromatic heterocycles. The van der Waals surface area contributed by atoms with Gasteiger partial charge in [-0.15, -0.1) is 5.10 Å². The van der Waals surface area contributed by atoms with Crippen molar-refractivity contribution in [1.82, 2.24) is 25.6 Å². The fourth-order valence-electron chi connectivity index (χ4n) is 2.19. The molecule has 0 aliphatic rings. The van der Waals surface area contributed by atoms with Crippen molar-refractivity contribution in [3.8, 4) is 0 Å². The van der Waals surface area contributed by atoms with Crippen molar-refractivity contribution in [1.29, 1.82) is 0 Å². The fourth-order valence-corrected chi connectivity index (χ4v) is 2.19. The zero-order chi connectivity index (χ0) is 17.6. The summed E-state index contributed by atoms with van der Waals surface area (Å²) in [5.74, 6) is -0.570. The summed E-state index contributed by atoms with van der Waals surface area (Å²) in [7, 11) is 0. The van der Waals surface area contributed by atoms with Crippen LogP contribution in [0.25, 0.3) is 10.9 Å². The minimum absolute atomic E-state index is 0.198. The lowest BCUT2D eigenvalue weighted by atomic mass is 10.2. The lowest BCUT2D eigenvalue weighted by Crippen LogP contribution is -2.38. The Morgan fingerprint density at radius 2 is 1.88 bits per heavy atom. The predicted octanol–water partition coefficient (Wildman–Crippen LogP) is -0.0693. The van der Waals surface area contributed by atoms with Crippen molar-refractivity contribution in [2.24, 2.45) is 0 Å². The molecule has 3 rings (SSSR count). The summed E-state index contributed by atoms with van der Waals surface area (Å²) in [6, 6.07) is 9.93. The number of carbonyl (C=O) groups excluding carboxylic acids is 2. The van der Waals surface area contributed by atoms with Crippen molar-refractivity contribution in [2.45, 2.75) is 6.54 Å². The molecule has 0 fully saturated rings. The van der Waals surface area contributed by atoms with E-state index in [0.29, 0.717) is 10.9 Å². The van der Waals surface area contributed by atoms with E-state index in [9.17, 15) is 14.4 Å². The van der Waals surface area contributed by atoms with Crippen LogP contribution in [0.5, 0.6) is 0 Å². The van der Waals surface area contributed by atoms with E-state index >= 15 is 0 Å². The standard InChI is InChI=1S/C16H15N5O4/c22-14(17-7-8-18-15(23)13-6-3-9-25-13)10-21-16(24)11-4-1-2-5-12(11)19-20-21/h1-6,9H,7-8,10H2,(H,17,22)(H,18,23). The molecule has 9 heteroatoms. The monoisotopic (exact) mass is 341 g/mol. The van der Waals surface area contributed by atoms with E-state index in [1.165, 1.54) is 6.26 Å². The van der Waals surface area contributed by atoms with Gasteiger partial charge in [-0.1, -0.05) is 17.3 Å². The van der Waals surface area contributed by atoms with Gasteiger partial charge in [0.1, 0.15) is 12.1 Å². The Kier molecular flexibility index (Phi) is 4.84. The topological polar surface area (TPSA) is 119 Å². The zero-order valence-electron chi connectivity index (χ0n) is 13.1. The summed E-state index contributed by atoms with van der Waals surface area (Å²) in [4.78, 5) is 35.8. The number of fused-ring (bicyclic) bond motifs is 1. The van der Waals surface area contributed by atoms with Crippen LogP contribution in [-0.2, 0) is 11.3 Å². The molecule has 0 saturated heterocycles. The summed E-state index contributed by atoms with van der Waals surface area (Å²) in [6.45, 7) is 0.188. The Balaban J connectivity index is 1.50. The summed E-state index contributed by atoms with van der Waals surface area (Å²) in [6.07, 6.45) is 1.40. The maximum absolute atomic E-state index is 12.2. The maximum Gasteiger partial charge on any atom is 0.287 e. The summed E-state index contributed by atoms with van der Waals surface area (Å²) < 4.78 is 5.95. The van der Waals surface area contributed by atoms with Gasteiger partial charge in [0.25, 0.3) is 11.5 Å². The van der Waals surface area contributed by atoms with Crippen LogP contribution >= 0.6 is 0 Å². The molecule has 0 radical (unpaired) electrons. The number of nitrogens with zero attached hydrogens (tertiary/aromatic N) is 3. The molecule has 1 aromatic carbocycles. The number of benzene rings is 1. The number of nitrogens with one attached hydrogen (secondary N) is 2. The van der Waals surface area contributed by atoms with Gasteiger partial charge in [-0.25, -0.2) is 4.68 Å². The van der Waals surface area contributed by atoms with Crippen LogP contribution in [-0.4, -0.2) is 39.9 Å². The highest BCUT2D eigenvalue weighted by molar-refractivity contribution is 5.91. The smallest absolute Gasteiger partial charge is 0.287 e. The van der Waals surface area contributed by atoms with Crippen LogP contribution in [0.15, 0.2) is 51.9 Å². The lowest BCUT2D eigenvalue weighted by Gasteiger charge is -2.07. The van der Waals surface area contributed by atoms with E-state index in [-0.39, 0.29) is 36.9 Å². The number of carbonyl (C=O) groups is 2. The van der Waals surface area contributed by atoms with Gasteiger partial charge in [-0.3, -0.25) is 14.4 Å². The average molecular weight is 341 g/mol. The fraction of sp³-hybridized carbons (Fsp3) is 0.188. The second kappa shape index (κ2) is 7.39. The first-order valence-corrected chi connectivity index (χ1v) is 7.56. The third-order valence-corrected chi connectivity index (χ3v) is 3.40. The number of amides is 2. The molecule has 0 unspecified atom stereocenters. The normalized spacial score (nSPS) is 10.6. The van der Waals surface area contributed by atoms with E-state index in [1.807, 2.05) is 0 Å². The molecule has 3 aromatic rings. The Labute approximate surface area is 141 Å². The molecule has 0 aliphatic heterocycles. The van der Waals surface area contributed by atoms with Gasteiger partial charge in [-0.05, 0) is 24.3 Å². The SMILES string of the molecule is O=C(Cn1nnc2ccccc2c1=O)NCCNC(=O)c1ccco1. The molecule has 128 valence electrons. The molecule has 2 amide bonds. The highest BCUT2D eigenvalue weighted by Gasteiger charge is 2.10. The van der Waals surface area contributed by atoms with Gasteiger partial charge in [0.15, 0.2) is 5.76 Å². The Morgan fingerprint density at radius 3 is 2.68 bits per heavy atom. The van der Waals surface area contributed by atoms with Crippen molar-refractivity contribution >= 4 is 22.7 Å². The molecule has 2 heterocycles. The van der Waals surface area contributed by atoms with E-state index in [0.717, 1.165) is 4.68 Å². The van der Waals surface area contributed by atoms with Crippen LogP contribution in [0.4, 0.5) is 0 Å². The quantitative estimate of drug-likeness (QED) is 0.606. The molecule has 0 saturated carbocycles. The number of furan rings is 1. The van der Waals surface area contributed by atoms with Crippen LogP contribution in [0.2, 0.25) is 0 Å². The molecule has 0 aliphatic carbocycles. The molecular formula is C16H15N5O4. The number of hydrogen-bond acceptors (Lipinski definition) is 6. The minimum Gasteiger partial charge on any atom is -0.459 e. The maximum atomic E-state index is 12.2. The first-order valence-electron chi connectivity index (χ1n) is 7.56. The Morgan fingerprint density at radius 1 is 1.08 bits per heavy atom. The van der Waals surface area contributed by atoms with Crippen molar-refractivity contribution in [2.75, 3.05) is 13.1 Å². The average Bonchev–Trinajstić information content (AvgIpc) is 3.16. The van der Waals surface area contributed by atoms with Gasteiger partial charge < -0.3 is 15.1 Å². The zero-order valence-corrected chi connectivity index (χ0v) is 13.1. The highest BCUT2D eigenvalue weighted by atomic mass is 16.3. The Bertz CT molecular complexity index is 949. The van der Waals surface area contributed by atoms with Gasteiger partial charge in [0.2, 0.25) is 5.91 Å². The second-order valence-corrected chi connectivity index (χ2v) is 5.15. The van der Waals surface area contributed by atoms with Crippen LogP contribution < -0.4 is 16.2 Å². The number of aromatic nitrogens is 3. The molecule has 0 bridgehead atoms. The summed E-state index contributed by atoms with van der Waals surface area (Å²) >= 11 is 0. The van der Waals surface area contributed by atoms with Crippen LogP contribution in [0, 0.1) is 0 Å². The third kappa shape index (κ3) is 3.89. The predicted molar refractivity (Wildman–Crippen MR) is 87.8 cm³/mol. The van der Waals surface area contributed by atoms with Crippen molar-refractivity contribution in [3.63, 3.8) is 0 Å².